The van der Waals surface area contributed by atoms with E-state index in [9.17, 15) is 4.79 Å². The molecule has 0 bridgehead atoms. The summed E-state index contributed by atoms with van der Waals surface area (Å²) in [6.07, 6.45) is 1.43. The van der Waals surface area contributed by atoms with Crippen LogP contribution in [0, 0.1) is 0 Å². The Morgan fingerprint density at radius 2 is 2.13 bits per heavy atom. The number of hydrogen-bond donors (Lipinski definition) is 0. The minimum absolute atomic E-state index is 0.304. The van der Waals surface area contributed by atoms with Gasteiger partial charge in [0.25, 0.3) is 0 Å². The van der Waals surface area contributed by atoms with E-state index in [1.807, 2.05) is 24.3 Å². The second-order valence-corrected chi connectivity index (χ2v) is 4.52. The van der Waals surface area contributed by atoms with E-state index in [-0.39, 0.29) is 5.97 Å². The Morgan fingerprint density at radius 3 is 2.73 bits per heavy atom. The number of carbonyl (C=O) groups excluding carboxylic acids is 1. The molecular formula is C11H11BrO2S. The summed E-state index contributed by atoms with van der Waals surface area (Å²) < 4.78 is 5.80. The minimum Gasteiger partial charge on any atom is -0.463 e. The Bertz CT molecular complexity index is 346. The molecule has 80 valence electrons. The third-order valence-corrected chi connectivity index (χ3v) is 2.85. The highest BCUT2D eigenvalue weighted by Crippen LogP contribution is 2.21. The predicted octanol–water partition coefficient (Wildman–Crippen LogP) is 3.62. The van der Waals surface area contributed by atoms with E-state index < -0.39 is 0 Å². The van der Waals surface area contributed by atoms with Gasteiger partial charge in [0.1, 0.15) is 0 Å². The molecule has 15 heavy (non-hydrogen) atoms. The molecule has 0 aromatic heterocycles. The third-order valence-electron chi connectivity index (χ3n) is 1.51. The second-order valence-electron chi connectivity index (χ2n) is 2.63. The van der Waals surface area contributed by atoms with Crippen molar-refractivity contribution >= 4 is 33.7 Å². The largest absolute Gasteiger partial charge is 0.463 e. The second kappa shape index (κ2) is 6.69. The van der Waals surface area contributed by atoms with Crippen LogP contribution in [-0.2, 0) is 9.53 Å². The summed E-state index contributed by atoms with van der Waals surface area (Å²) in [7, 11) is 0. The number of ether oxygens (including phenoxy) is 1. The minimum atomic E-state index is -0.304. The number of benzene rings is 1. The molecule has 0 aliphatic heterocycles. The van der Waals surface area contributed by atoms with Gasteiger partial charge in [0.05, 0.1) is 6.61 Å². The SMILES string of the molecule is CCOC(=O)/C=C\Sc1ccc(Br)cc1. The van der Waals surface area contributed by atoms with Crippen molar-refractivity contribution in [2.24, 2.45) is 0 Å². The van der Waals surface area contributed by atoms with Gasteiger partial charge in [-0.3, -0.25) is 0 Å². The molecule has 0 fully saturated rings. The molecule has 1 aromatic rings. The lowest BCUT2D eigenvalue weighted by atomic mass is 10.4. The van der Waals surface area contributed by atoms with Crippen LogP contribution in [0.3, 0.4) is 0 Å². The van der Waals surface area contributed by atoms with Gasteiger partial charge in [0.15, 0.2) is 0 Å². The molecule has 0 amide bonds. The summed E-state index contributed by atoms with van der Waals surface area (Å²) in [6.45, 7) is 2.19. The highest BCUT2D eigenvalue weighted by atomic mass is 79.9. The monoisotopic (exact) mass is 286 g/mol. The topological polar surface area (TPSA) is 26.3 Å². The maximum absolute atomic E-state index is 11.0. The number of halogens is 1. The lowest BCUT2D eigenvalue weighted by molar-refractivity contribution is -0.137. The Balaban J connectivity index is 2.43. The summed E-state index contributed by atoms with van der Waals surface area (Å²) in [5.41, 5.74) is 0. The normalized spacial score (nSPS) is 10.5. The molecular weight excluding hydrogens is 276 g/mol. The summed E-state index contributed by atoms with van der Waals surface area (Å²) in [4.78, 5) is 12.0. The fourth-order valence-electron chi connectivity index (χ4n) is 0.872. The van der Waals surface area contributed by atoms with Crippen LogP contribution in [0.5, 0.6) is 0 Å². The zero-order valence-electron chi connectivity index (χ0n) is 8.27. The van der Waals surface area contributed by atoms with Crippen molar-refractivity contribution in [2.75, 3.05) is 6.61 Å². The highest BCUT2D eigenvalue weighted by Gasteiger charge is 1.94. The number of esters is 1. The van der Waals surface area contributed by atoms with Crippen LogP contribution in [-0.4, -0.2) is 12.6 Å². The van der Waals surface area contributed by atoms with Crippen LogP contribution >= 0.6 is 27.7 Å². The van der Waals surface area contributed by atoms with E-state index >= 15 is 0 Å². The van der Waals surface area contributed by atoms with E-state index in [4.69, 9.17) is 4.74 Å². The summed E-state index contributed by atoms with van der Waals surface area (Å²) in [6, 6.07) is 7.87. The van der Waals surface area contributed by atoms with Crippen LogP contribution in [0.25, 0.3) is 0 Å². The molecule has 0 saturated carbocycles. The van der Waals surface area contributed by atoms with Gasteiger partial charge in [0.2, 0.25) is 0 Å². The van der Waals surface area contributed by atoms with Crippen molar-refractivity contribution in [2.45, 2.75) is 11.8 Å². The van der Waals surface area contributed by atoms with Gasteiger partial charge in [-0.25, -0.2) is 4.79 Å². The predicted molar refractivity (Wildman–Crippen MR) is 65.8 cm³/mol. The van der Waals surface area contributed by atoms with E-state index in [1.54, 1.807) is 12.3 Å². The van der Waals surface area contributed by atoms with E-state index in [0.717, 1.165) is 9.37 Å². The van der Waals surface area contributed by atoms with Gasteiger partial charge >= 0.3 is 5.97 Å². The zero-order chi connectivity index (χ0) is 11.1. The molecule has 0 N–H and O–H groups in total. The Labute approximate surface area is 102 Å². The van der Waals surface area contributed by atoms with Crippen molar-refractivity contribution in [1.82, 2.24) is 0 Å². The average molecular weight is 287 g/mol. The fourth-order valence-corrected chi connectivity index (χ4v) is 1.77. The molecule has 0 radical (unpaired) electrons. The quantitative estimate of drug-likeness (QED) is 0.480. The molecule has 0 aliphatic carbocycles. The van der Waals surface area contributed by atoms with Crippen LogP contribution in [0.1, 0.15) is 6.92 Å². The molecule has 2 nitrogen and oxygen atoms in total. The van der Waals surface area contributed by atoms with Crippen molar-refractivity contribution in [3.8, 4) is 0 Å². The van der Waals surface area contributed by atoms with Crippen molar-refractivity contribution < 1.29 is 9.53 Å². The standard InChI is InChI=1S/C11H11BrO2S/c1-2-14-11(13)7-8-15-10-5-3-9(12)4-6-10/h3-8H,2H2,1H3/b8-7-. The zero-order valence-corrected chi connectivity index (χ0v) is 10.7. The van der Waals surface area contributed by atoms with Crippen molar-refractivity contribution in [3.05, 3.63) is 40.2 Å². The van der Waals surface area contributed by atoms with Crippen LogP contribution in [0.4, 0.5) is 0 Å². The van der Waals surface area contributed by atoms with Crippen molar-refractivity contribution in [1.29, 1.82) is 0 Å². The first kappa shape index (κ1) is 12.3. The summed E-state index contributed by atoms with van der Waals surface area (Å²) in [5, 5.41) is 1.72. The molecule has 1 aromatic carbocycles. The van der Waals surface area contributed by atoms with E-state index in [0.29, 0.717) is 6.61 Å². The molecule has 0 spiro atoms. The maximum atomic E-state index is 11.0. The first-order valence-corrected chi connectivity index (χ1v) is 6.15. The molecule has 0 saturated heterocycles. The Morgan fingerprint density at radius 1 is 1.47 bits per heavy atom. The summed E-state index contributed by atoms with van der Waals surface area (Å²) >= 11 is 4.84. The Kier molecular flexibility index (Phi) is 5.50. The van der Waals surface area contributed by atoms with E-state index in [1.165, 1.54) is 17.8 Å². The van der Waals surface area contributed by atoms with Gasteiger partial charge in [-0.05, 0) is 36.6 Å². The smallest absolute Gasteiger partial charge is 0.331 e. The third kappa shape index (κ3) is 5.04. The molecule has 0 heterocycles. The summed E-state index contributed by atoms with van der Waals surface area (Å²) in [5.74, 6) is -0.304. The van der Waals surface area contributed by atoms with Gasteiger partial charge < -0.3 is 4.74 Å². The van der Waals surface area contributed by atoms with Crippen LogP contribution in [0.2, 0.25) is 0 Å². The van der Waals surface area contributed by atoms with Gasteiger partial charge in [-0.15, -0.1) is 0 Å². The number of rotatable bonds is 4. The molecule has 1 rings (SSSR count). The maximum Gasteiger partial charge on any atom is 0.331 e. The first-order valence-electron chi connectivity index (χ1n) is 4.48. The average Bonchev–Trinajstić information content (AvgIpc) is 2.21. The number of hydrogen-bond acceptors (Lipinski definition) is 3. The van der Waals surface area contributed by atoms with E-state index in [2.05, 4.69) is 15.9 Å². The molecule has 0 atom stereocenters. The van der Waals surface area contributed by atoms with Gasteiger partial charge in [-0.2, -0.15) is 0 Å². The Hall–Kier alpha value is -0.740. The molecule has 4 heteroatoms. The van der Waals surface area contributed by atoms with Gasteiger partial charge in [-0.1, -0.05) is 27.7 Å². The number of carbonyl (C=O) groups is 1. The lowest BCUT2D eigenvalue weighted by Crippen LogP contribution is -1.98. The molecule has 0 unspecified atom stereocenters. The van der Waals surface area contributed by atoms with Crippen LogP contribution < -0.4 is 0 Å². The van der Waals surface area contributed by atoms with Gasteiger partial charge in [0, 0.05) is 15.4 Å². The molecule has 0 aliphatic rings. The highest BCUT2D eigenvalue weighted by molar-refractivity contribution is 9.10. The fraction of sp³-hybridized carbons (Fsp3) is 0.182. The van der Waals surface area contributed by atoms with Crippen LogP contribution in [0.15, 0.2) is 45.1 Å². The van der Waals surface area contributed by atoms with Crippen molar-refractivity contribution in [3.63, 3.8) is 0 Å². The number of thioether (sulfide) groups is 1. The lowest BCUT2D eigenvalue weighted by Gasteiger charge is -1.96. The first-order chi connectivity index (χ1) is 7.22.